The van der Waals surface area contributed by atoms with E-state index in [2.05, 4.69) is 4.72 Å². The lowest BCUT2D eigenvalue weighted by atomic mass is 10.3. The summed E-state index contributed by atoms with van der Waals surface area (Å²) >= 11 is 1.51. The number of nitrogen functional groups attached to an aromatic ring is 1. The third-order valence-corrected chi connectivity index (χ3v) is 5.03. The van der Waals surface area contributed by atoms with Gasteiger partial charge in [-0.25, -0.2) is 13.1 Å². The van der Waals surface area contributed by atoms with Crippen molar-refractivity contribution in [2.45, 2.75) is 18.2 Å². The largest absolute Gasteiger partial charge is 0.399 e. The highest BCUT2D eigenvalue weighted by atomic mass is 32.2. The number of benzene rings is 1. The van der Waals surface area contributed by atoms with Gasteiger partial charge in [0.1, 0.15) is 0 Å². The standard InChI is InChI=1S/C13H20N2O2S2/c1-2-3-4-9-15-19(16,17)11-10-18-13-7-5-12(14)6-8-13/h2-3,5-8,15H,4,9-11,14H2,1H3/b3-2+. The van der Waals surface area contributed by atoms with E-state index in [0.717, 1.165) is 11.3 Å². The van der Waals surface area contributed by atoms with Crippen LogP contribution >= 0.6 is 11.8 Å². The fourth-order valence-electron chi connectivity index (χ4n) is 1.37. The van der Waals surface area contributed by atoms with Gasteiger partial charge in [-0.2, -0.15) is 0 Å². The minimum Gasteiger partial charge on any atom is -0.399 e. The number of anilines is 1. The smallest absolute Gasteiger partial charge is 0.212 e. The Morgan fingerprint density at radius 1 is 1.32 bits per heavy atom. The van der Waals surface area contributed by atoms with Crippen LogP contribution in [0.3, 0.4) is 0 Å². The van der Waals surface area contributed by atoms with E-state index >= 15 is 0 Å². The van der Waals surface area contributed by atoms with Gasteiger partial charge in [-0.05, 0) is 37.6 Å². The molecule has 0 heterocycles. The molecule has 0 bridgehead atoms. The molecule has 0 fully saturated rings. The number of thioether (sulfide) groups is 1. The molecular weight excluding hydrogens is 280 g/mol. The summed E-state index contributed by atoms with van der Waals surface area (Å²) in [6.07, 6.45) is 4.57. The molecule has 106 valence electrons. The first-order valence-electron chi connectivity index (χ1n) is 6.10. The monoisotopic (exact) mass is 300 g/mol. The first-order valence-corrected chi connectivity index (χ1v) is 8.74. The highest BCUT2D eigenvalue weighted by Crippen LogP contribution is 2.19. The third-order valence-electron chi connectivity index (χ3n) is 2.37. The summed E-state index contributed by atoms with van der Waals surface area (Å²) in [5, 5.41) is 0. The first-order chi connectivity index (χ1) is 9.03. The van der Waals surface area contributed by atoms with Crippen LogP contribution in [0.2, 0.25) is 0 Å². The topological polar surface area (TPSA) is 72.2 Å². The van der Waals surface area contributed by atoms with Crippen molar-refractivity contribution in [3.63, 3.8) is 0 Å². The molecule has 0 saturated carbocycles. The molecule has 1 rings (SSSR count). The van der Waals surface area contributed by atoms with Gasteiger partial charge in [0.15, 0.2) is 0 Å². The number of allylic oxidation sites excluding steroid dienone is 1. The molecular formula is C13H20N2O2S2. The van der Waals surface area contributed by atoms with Gasteiger partial charge in [-0.3, -0.25) is 0 Å². The zero-order valence-corrected chi connectivity index (χ0v) is 12.6. The van der Waals surface area contributed by atoms with Crippen molar-refractivity contribution in [1.82, 2.24) is 4.72 Å². The molecule has 1 aromatic carbocycles. The van der Waals surface area contributed by atoms with Crippen molar-refractivity contribution in [3.05, 3.63) is 36.4 Å². The van der Waals surface area contributed by atoms with Gasteiger partial charge >= 0.3 is 0 Å². The summed E-state index contributed by atoms with van der Waals surface area (Å²) < 4.78 is 25.9. The summed E-state index contributed by atoms with van der Waals surface area (Å²) in [6, 6.07) is 7.41. The number of sulfonamides is 1. The molecule has 0 saturated heterocycles. The molecule has 0 aliphatic heterocycles. The molecule has 4 nitrogen and oxygen atoms in total. The number of rotatable bonds is 8. The third kappa shape index (κ3) is 7.25. The minimum atomic E-state index is -3.17. The maximum atomic E-state index is 11.7. The Labute approximate surface area is 119 Å². The van der Waals surface area contributed by atoms with E-state index in [4.69, 9.17) is 5.73 Å². The Hall–Kier alpha value is -0.980. The first kappa shape index (κ1) is 16.1. The van der Waals surface area contributed by atoms with Gasteiger partial charge in [-0.1, -0.05) is 12.2 Å². The lowest BCUT2D eigenvalue weighted by molar-refractivity contribution is 0.583. The Morgan fingerprint density at radius 2 is 2.00 bits per heavy atom. The zero-order valence-electron chi connectivity index (χ0n) is 11.0. The molecule has 0 aromatic heterocycles. The van der Waals surface area contributed by atoms with E-state index in [1.807, 2.05) is 43.3 Å². The molecule has 6 heteroatoms. The predicted octanol–water partition coefficient (Wildman–Crippen LogP) is 2.25. The number of nitrogens with two attached hydrogens (primary N) is 1. The van der Waals surface area contributed by atoms with E-state index in [-0.39, 0.29) is 5.75 Å². The van der Waals surface area contributed by atoms with E-state index in [1.54, 1.807) is 0 Å². The number of nitrogens with one attached hydrogen (secondary N) is 1. The number of hydrogen-bond donors (Lipinski definition) is 2. The van der Waals surface area contributed by atoms with Gasteiger partial charge in [0.05, 0.1) is 5.75 Å². The van der Waals surface area contributed by atoms with Crippen molar-refractivity contribution >= 4 is 27.5 Å². The van der Waals surface area contributed by atoms with Crippen LogP contribution in [0.4, 0.5) is 5.69 Å². The van der Waals surface area contributed by atoms with Crippen LogP contribution in [0, 0.1) is 0 Å². The van der Waals surface area contributed by atoms with Crippen molar-refractivity contribution in [2.75, 3.05) is 23.8 Å². The van der Waals surface area contributed by atoms with E-state index in [9.17, 15) is 8.42 Å². The van der Waals surface area contributed by atoms with Gasteiger partial charge in [0, 0.05) is 22.9 Å². The second-order valence-corrected chi connectivity index (χ2v) is 7.08. The summed E-state index contributed by atoms with van der Waals surface area (Å²) in [4.78, 5) is 1.03. The lowest BCUT2D eigenvalue weighted by Crippen LogP contribution is -2.28. The molecule has 0 aliphatic carbocycles. The van der Waals surface area contributed by atoms with Crippen LogP contribution in [0.5, 0.6) is 0 Å². The second kappa shape index (κ2) is 8.24. The molecule has 0 spiro atoms. The highest BCUT2D eigenvalue weighted by molar-refractivity contribution is 8.00. The number of hydrogen-bond acceptors (Lipinski definition) is 4. The van der Waals surface area contributed by atoms with Gasteiger partial charge in [-0.15, -0.1) is 11.8 Å². The normalized spacial score (nSPS) is 12.1. The minimum absolute atomic E-state index is 0.123. The maximum absolute atomic E-state index is 11.7. The van der Waals surface area contributed by atoms with E-state index < -0.39 is 10.0 Å². The van der Waals surface area contributed by atoms with Crippen LogP contribution in [0.15, 0.2) is 41.3 Å². The molecule has 0 amide bonds. The molecule has 3 N–H and O–H groups in total. The van der Waals surface area contributed by atoms with Crippen LogP contribution in [-0.4, -0.2) is 26.5 Å². The van der Waals surface area contributed by atoms with Gasteiger partial charge in [0.2, 0.25) is 10.0 Å². The zero-order chi connectivity index (χ0) is 14.1. The summed E-state index contributed by atoms with van der Waals surface area (Å²) in [5.41, 5.74) is 6.29. The van der Waals surface area contributed by atoms with Crippen molar-refractivity contribution in [3.8, 4) is 0 Å². The van der Waals surface area contributed by atoms with Crippen LogP contribution in [-0.2, 0) is 10.0 Å². The Kier molecular flexibility index (Phi) is 6.97. The Bertz CT molecular complexity index is 496. The van der Waals surface area contributed by atoms with Crippen LogP contribution in [0.25, 0.3) is 0 Å². The van der Waals surface area contributed by atoms with Crippen LogP contribution < -0.4 is 10.5 Å². The van der Waals surface area contributed by atoms with Gasteiger partial charge in [0.25, 0.3) is 0 Å². The molecule has 19 heavy (non-hydrogen) atoms. The molecule has 0 atom stereocenters. The molecule has 0 aliphatic rings. The fraction of sp³-hybridized carbons (Fsp3) is 0.385. The highest BCUT2D eigenvalue weighted by Gasteiger charge is 2.08. The maximum Gasteiger partial charge on any atom is 0.212 e. The molecule has 0 radical (unpaired) electrons. The average molecular weight is 300 g/mol. The molecule has 0 unspecified atom stereocenters. The second-order valence-electron chi connectivity index (χ2n) is 3.99. The summed E-state index contributed by atoms with van der Waals surface area (Å²) in [7, 11) is -3.17. The lowest BCUT2D eigenvalue weighted by Gasteiger charge is -2.05. The summed E-state index contributed by atoms with van der Waals surface area (Å²) in [5.74, 6) is 0.654. The van der Waals surface area contributed by atoms with Crippen molar-refractivity contribution in [2.24, 2.45) is 0 Å². The fourth-order valence-corrected chi connectivity index (χ4v) is 3.72. The quantitative estimate of drug-likeness (QED) is 0.334. The predicted molar refractivity (Wildman–Crippen MR) is 82.8 cm³/mol. The van der Waals surface area contributed by atoms with E-state index in [0.29, 0.717) is 18.0 Å². The Morgan fingerprint density at radius 3 is 2.63 bits per heavy atom. The van der Waals surface area contributed by atoms with Crippen molar-refractivity contribution in [1.29, 1.82) is 0 Å². The van der Waals surface area contributed by atoms with Crippen molar-refractivity contribution < 1.29 is 8.42 Å². The van der Waals surface area contributed by atoms with E-state index in [1.165, 1.54) is 11.8 Å². The summed E-state index contributed by atoms with van der Waals surface area (Å²) in [6.45, 7) is 2.37. The Balaban J connectivity index is 2.29. The average Bonchev–Trinajstić information content (AvgIpc) is 2.37. The molecule has 1 aromatic rings. The SMILES string of the molecule is C/C=C/CCNS(=O)(=O)CCSc1ccc(N)cc1. The van der Waals surface area contributed by atoms with Gasteiger partial charge < -0.3 is 5.73 Å². The van der Waals surface area contributed by atoms with Crippen LogP contribution in [0.1, 0.15) is 13.3 Å².